The van der Waals surface area contributed by atoms with Gasteiger partial charge in [0.1, 0.15) is 0 Å². The van der Waals surface area contributed by atoms with Gasteiger partial charge in [-0.1, -0.05) is 158 Å². The van der Waals surface area contributed by atoms with Crippen LogP contribution in [0.5, 0.6) is 0 Å². The van der Waals surface area contributed by atoms with E-state index in [0.717, 1.165) is 28.3 Å². The third-order valence-corrected chi connectivity index (χ3v) is 9.96. The van der Waals surface area contributed by atoms with Crippen molar-refractivity contribution in [3.8, 4) is 55.8 Å². The molecular weight excluding hydrogens is 641 g/mol. The van der Waals surface area contributed by atoms with Crippen molar-refractivity contribution in [1.29, 1.82) is 0 Å². The molecule has 0 fully saturated rings. The number of benzene rings is 8. The van der Waals surface area contributed by atoms with Crippen molar-refractivity contribution in [1.82, 2.24) is 4.98 Å². The number of pyridine rings is 1. The monoisotopic (exact) mass is 676 g/mol. The molecule has 0 saturated heterocycles. The highest BCUT2D eigenvalue weighted by atomic mass is 15.1. The van der Waals surface area contributed by atoms with E-state index in [1.807, 2.05) is 18.3 Å². The molecule has 0 spiro atoms. The van der Waals surface area contributed by atoms with Gasteiger partial charge < -0.3 is 4.90 Å². The molecule has 250 valence electrons. The average Bonchev–Trinajstić information content (AvgIpc) is 3.25. The number of fused-ring (bicyclic) bond motifs is 1. The van der Waals surface area contributed by atoms with Gasteiger partial charge in [0.2, 0.25) is 0 Å². The fraction of sp³-hybridized carbons (Fsp3) is 0. The van der Waals surface area contributed by atoms with E-state index in [1.165, 1.54) is 55.3 Å². The Bertz CT molecular complexity index is 2630. The van der Waals surface area contributed by atoms with Crippen LogP contribution < -0.4 is 4.90 Å². The summed E-state index contributed by atoms with van der Waals surface area (Å²) in [5, 5.41) is 2.41. The molecule has 0 amide bonds. The summed E-state index contributed by atoms with van der Waals surface area (Å²) in [6.07, 6.45) is 1.86. The fourth-order valence-electron chi connectivity index (χ4n) is 7.38. The first-order valence-electron chi connectivity index (χ1n) is 18.0. The Morgan fingerprint density at radius 1 is 0.283 bits per heavy atom. The summed E-state index contributed by atoms with van der Waals surface area (Å²) in [5.41, 5.74) is 15.1. The van der Waals surface area contributed by atoms with Crippen molar-refractivity contribution < 1.29 is 0 Å². The highest BCUT2D eigenvalue weighted by Crippen LogP contribution is 2.40. The van der Waals surface area contributed by atoms with Crippen molar-refractivity contribution in [2.24, 2.45) is 0 Å². The molecule has 0 radical (unpaired) electrons. The van der Waals surface area contributed by atoms with E-state index in [9.17, 15) is 0 Å². The zero-order valence-corrected chi connectivity index (χ0v) is 29.2. The number of aromatic nitrogens is 1. The van der Waals surface area contributed by atoms with Gasteiger partial charge in [0.05, 0.1) is 5.69 Å². The number of hydrogen-bond acceptors (Lipinski definition) is 2. The first-order chi connectivity index (χ1) is 26.3. The molecule has 2 heteroatoms. The van der Waals surface area contributed by atoms with E-state index in [1.54, 1.807) is 0 Å². The molecule has 0 unspecified atom stereocenters. The summed E-state index contributed by atoms with van der Waals surface area (Å²) in [6.45, 7) is 0. The lowest BCUT2D eigenvalue weighted by atomic mass is 9.92. The first-order valence-corrected chi connectivity index (χ1v) is 18.0. The second-order valence-corrected chi connectivity index (χ2v) is 13.2. The second-order valence-electron chi connectivity index (χ2n) is 13.2. The lowest BCUT2D eigenvalue weighted by Gasteiger charge is -2.26. The maximum absolute atomic E-state index is 4.64. The minimum atomic E-state index is 0.982. The topological polar surface area (TPSA) is 16.1 Å². The Morgan fingerprint density at radius 2 is 0.774 bits per heavy atom. The molecule has 2 nitrogen and oxygen atoms in total. The molecule has 9 rings (SSSR count). The fourth-order valence-corrected chi connectivity index (χ4v) is 7.38. The van der Waals surface area contributed by atoms with Crippen molar-refractivity contribution >= 4 is 27.8 Å². The van der Waals surface area contributed by atoms with Crippen molar-refractivity contribution in [2.45, 2.75) is 0 Å². The molecule has 53 heavy (non-hydrogen) atoms. The van der Waals surface area contributed by atoms with Gasteiger partial charge in [-0.25, -0.2) is 0 Å². The van der Waals surface area contributed by atoms with Crippen LogP contribution in [0, 0.1) is 0 Å². The van der Waals surface area contributed by atoms with E-state index in [0.29, 0.717) is 0 Å². The normalized spacial score (nSPS) is 11.0. The smallest absolute Gasteiger partial charge is 0.0708 e. The van der Waals surface area contributed by atoms with Crippen LogP contribution in [0.15, 0.2) is 219 Å². The average molecular weight is 677 g/mol. The van der Waals surface area contributed by atoms with Crippen LogP contribution in [-0.2, 0) is 0 Å². The van der Waals surface area contributed by atoms with Gasteiger partial charge in [0, 0.05) is 28.8 Å². The first kappa shape index (κ1) is 31.9. The van der Waals surface area contributed by atoms with E-state index in [4.69, 9.17) is 0 Å². The third-order valence-electron chi connectivity index (χ3n) is 9.96. The minimum Gasteiger partial charge on any atom is -0.311 e. The van der Waals surface area contributed by atoms with Gasteiger partial charge in [-0.05, 0) is 110 Å². The molecule has 0 aliphatic carbocycles. The van der Waals surface area contributed by atoms with E-state index >= 15 is 0 Å². The zero-order chi connectivity index (χ0) is 35.4. The molecule has 0 aliphatic heterocycles. The maximum atomic E-state index is 4.64. The van der Waals surface area contributed by atoms with E-state index < -0.39 is 0 Å². The minimum absolute atomic E-state index is 0.982. The van der Waals surface area contributed by atoms with Crippen LogP contribution in [0.25, 0.3) is 66.5 Å². The lowest BCUT2D eigenvalue weighted by Crippen LogP contribution is -2.09. The van der Waals surface area contributed by atoms with Gasteiger partial charge >= 0.3 is 0 Å². The van der Waals surface area contributed by atoms with Gasteiger partial charge in [0.15, 0.2) is 0 Å². The Balaban J connectivity index is 1.06. The van der Waals surface area contributed by atoms with Crippen LogP contribution in [0.3, 0.4) is 0 Å². The number of nitrogens with zero attached hydrogens (tertiary/aromatic N) is 2. The van der Waals surface area contributed by atoms with Crippen LogP contribution >= 0.6 is 0 Å². The highest BCUT2D eigenvalue weighted by molar-refractivity contribution is 6.04. The Morgan fingerprint density at radius 3 is 1.43 bits per heavy atom. The summed E-state index contributed by atoms with van der Waals surface area (Å²) in [5.74, 6) is 0. The lowest BCUT2D eigenvalue weighted by molar-refractivity contribution is 1.28. The predicted octanol–water partition coefficient (Wildman–Crippen LogP) is 14.0. The van der Waals surface area contributed by atoms with Crippen LogP contribution in [0.2, 0.25) is 0 Å². The number of rotatable bonds is 8. The van der Waals surface area contributed by atoms with Gasteiger partial charge in [0.25, 0.3) is 0 Å². The maximum Gasteiger partial charge on any atom is 0.0708 e. The zero-order valence-electron chi connectivity index (χ0n) is 29.2. The van der Waals surface area contributed by atoms with Crippen LogP contribution in [0.1, 0.15) is 0 Å². The molecule has 9 aromatic rings. The number of hydrogen-bond donors (Lipinski definition) is 0. The summed E-state index contributed by atoms with van der Waals surface area (Å²) >= 11 is 0. The van der Waals surface area contributed by atoms with Crippen molar-refractivity contribution in [2.75, 3.05) is 4.90 Å². The van der Waals surface area contributed by atoms with Crippen molar-refractivity contribution in [3.05, 3.63) is 219 Å². The largest absolute Gasteiger partial charge is 0.311 e. The summed E-state index contributed by atoms with van der Waals surface area (Å²) in [6, 6.07) is 75.7. The second kappa shape index (κ2) is 14.3. The standard InChI is InChI=1S/C51H36N2/c1-3-14-37(15-4-1)40-16-13-17-41(36-40)46-21-8-7-20-45(46)38-25-29-43(30-26-38)53(42-18-5-2-6-19-42)44-31-27-39(28-32-44)47-33-34-50(51-24-11-12-35-52-51)49-23-10-9-22-48(47)49/h1-36H. The van der Waals surface area contributed by atoms with E-state index in [2.05, 4.69) is 210 Å². The highest BCUT2D eigenvalue weighted by Gasteiger charge is 2.16. The molecule has 1 heterocycles. The summed E-state index contributed by atoms with van der Waals surface area (Å²) in [4.78, 5) is 6.96. The Hall–Kier alpha value is -7.03. The Labute approximate surface area is 310 Å². The van der Waals surface area contributed by atoms with Crippen LogP contribution in [-0.4, -0.2) is 4.98 Å². The summed E-state index contributed by atoms with van der Waals surface area (Å²) < 4.78 is 0. The molecule has 0 bridgehead atoms. The quantitative estimate of drug-likeness (QED) is 0.159. The third kappa shape index (κ3) is 6.39. The van der Waals surface area contributed by atoms with Gasteiger partial charge in [-0.15, -0.1) is 0 Å². The molecule has 0 aliphatic rings. The predicted molar refractivity (Wildman–Crippen MR) is 224 cm³/mol. The SMILES string of the molecule is c1ccc(-c2cccc(-c3ccccc3-c3ccc(N(c4ccccc4)c4ccc(-c5ccc(-c6ccccn6)c6ccccc56)cc4)cc3)c2)cc1. The molecular formula is C51H36N2. The molecule has 8 aromatic carbocycles. The van der Waals surface area contributed by atoms with Gasteiger partial charge in [-0.3, -0.25) is 4.98 Å². The molecule has 0 saturated carbocycles. The number of anilines is 3. The summed E-state index contributed by atoms with van der Waals surface area (Å²) in [7, 11) is 0. The van der Waals surface area contributed by atoms with E-state index in [-0.39, 0.29) is 0 Å². The molecule has 0 N–H and O–H groups in total. The van der Waals surface area contributed by atoms with Crippen molar-refractivity contribution in [3.63, 3.8) is 0 Å². The molecule has 0 atom stereocenters. The Kier molecular flexibility index (Phi) is 8.61. The number of para-hydroxylation sites is 1. The van der Waals surface area contributed by atoms with Gasteiger partial charge in [-0.2, -0.15) is 0 Å². The molecule has 1 aromatic heterocycles. The van der Waals surface area contributed by atoms with Crippen LogP contribution in [0.4, 0.5) is 17.1 Å².